The van der Waals surface area contributed by atoms with Crippen LogP contribution in [0.4, 0.5) is 8.78 Å². The van der Waals surface area contributed by atoms with Crippen LogP contribution < -0.4 is 10.1 Å². The number of ether oxygens (including phenoxy) is 1. The van der Waals surface area contributed by atoms with Gasteiger partial charge >= 0.3 is 0 Å². The first-order valence-corrected chi connectivity index (χ1v) is 4.76. The normalized spacial score (nSPS) is 11.5. The van der Waals surface area contributed by atoms with Crippen LogP contribution in [0.25, 0.3) is 0 Å². The van der Waals surface area contributed by atoms with Crippen molar-refractivity contribution >= 4 is 0 Å². The molecule has 2 N–H and O–H groups in total. The van der Waals surface area contributed by atoms with Crippen LogP contribution >= 0.6 is 0 Å². The van der Waals surface area contributed by atoms with Crippen LogP contribution in [-0.4, -0.2) is 36.3 Å². The van der Waals surface area contributed by atoms with Gasteiger partial charge in [0.05, 0.1) is 13.7 Å². The fourth-order valence-electron chi connectivity index (χ4n) is 1.08. The van der Waals surface area contributed by atoms with Crippen molar-refractivity contribution in [2.45, 2.75) is 12.5 Å². The Morgan fingerprint density at radius 1 is 1.50 bits per heavy atom. The Balaban J connectivity index is 2.37. The van der Waals surface area contributed by atoms with Gasteiger partial charge in [-0.3, -0.25) is 0 Å². The van der Waals surface area contributed by atoms with E-state index in [1.54, 1.807) is 18.3 Å². The molecule has 0 aliphatic heterocycles. The van der Waals surface area contributed by atoms with Gasteiger partial charge in [0.2, 0.25) is 5.88 Å². The van der Waals surface area contributed by atoms with Gasteiger partial charge in [0.15, 0.2) is 0 Å². The lowest BCUT2D eigenvalue weighted by Gasteiger charge is -2.13. The summed E-state index contributed by atoms with van der Waals surface area (Å²) in [5, 5.41) is 10.9. The van der Waals surface area contributed by atoms with E-state index in [4.69, 9.17) is 9.84 Å². The van der Waals surface area contributed by atoms with Crippen molar-refractivity contribution in [1.82, 2.24) is 10.3 Å². The summed E-state index contributed by atoms with van der Waals surface area (Å²) in [6.07, 6.45) is 1.54. The molecular weight excluding hydrogens is 218 g/mol. The Labute approximate surface area is 92.3 Å². The summed E-state index contributed by atoms with van der Waals surface area (Å²) < 4.78 is 30.1. The average Bonchev–Trinajstić information content (AvgIpc) is 2.30. The predicted molar refractivity (Wildman–Crippen MR) is 54.5 cm³/mol. The van der Waals surface area contributed by atoms with E-state index in [1.807, 2.05) is 0 Å². The molecule has 16 heavy (non-hydrogen) atoms. The third-order valence-electron chi connectivity index (χ3n) is 1.95. The Hall–Kier alpha value is -1.27. The molecule has 1 aromatic heterocycles. The molecular formula is C10H14F2N2O2. The molecule has 0 aliphatic carbocycles. The first-order chi connectivity index (χ1) is 7.57. The lowest BCUT2D eigenvalue weighted by molar-refractivity contribution is -0.0477. The van der Waals surface area contributed by atoms with Gasteiger partial charge in [-0.25, -0.2) is 13.8 Å². The van der Waals surface area contributed by atoms with Crippen LogP contribution in [0.2, 0.25) is 0 Å². The molecule has 0 radical (unpaired) electrons. The van der Waals surface area contributed by atoms with Crippen LogP contribution in [-0.2, 0) is 6.54 Å². The smallest absolute Gasteiger partial charge is 0.282 e. The van der Waals surface area contributed by atoms with E-state index in [9.17, 15) is 8.78 Å². The summed E-state index contributed by atoms with van der Waals surface area (Å²) in [6, 6.07) is 3.39. The zero-order valence-electron chi connectivity index (χ0n) is 8.91. The minimum absolute atomic E-state index is 0.270. The summed E-state index contributed by atoms with van der Waals surface area (Å²) in [6.45, 7) is -1.44. The fraction of sp³-hybridized carbons (Fsp3) is 0.500. The minimum atomic E-state index is -3.08. The van der Waals surface area contributed by atoms with Gasteiger partial charge in [-0.1, -0.05) is 6.07 Å². The SMILES string of the molecule is COc1ccc(CNCC(F)(F)CO)cn1. The van der Waals surface area contributed by atoms with Crippen molar-refractivity contribution in [1.29, 1.82) is 0 Å². The van der Waals surface area contributed by atoms with Crippen molar-refractivity contribution in [2.75, 3.05) is 20.3 Å². The molecule has 0 atom stereocenters. The van der Waals surface area contributed by atoms with Crippen molar-refractivity contribution < 1.29 is 18.6 Å². The average molecular weight is 232 g/mol. The lowest BCUT2D eigenvalue weighted by atomic mass is 10.2. The molecule has 1 rings (SSSR count). The molecule has 0 saturated heterocycles. The van der Waals surface area contributed by atoms with Crippen LogP contribution in [0.1, 0.15) is 5.56 Å². The van der Waals surface area contributed by atoms with Crippen LogP contribution in [0.3, 0.4) is 0 Å². The maximum absolute atomic E-state index is 12.6. The molecule has 0 saturated carbocycles. The van der Waals surface area contributed by atoms with Crippen LogP contribution in [0, 0.1) is 0 Å². The summed E-state index contributed by atoms with van der Waals surface area (Å²) >= 11 is 0. The molecule has 0 fully saturated rings. The van der Waals surface area contributed by atoms with E-state index >= 15 is 0 Å². The topological polar surface area (TPSA) is 54.4 Å². The number of hydrogen-bond acceptors (Lipinski definition) is 4. The maximum Gasteiger partial charge on any atom is 0.282 e. The number of halogens is 2. The Morgan fingerprint density at radius 3 is 2.75 bits per heavy atom. The minimum Gasteiger partial charge on any atom is -0.481 e. The third kappa shape index (κ3) is 4.08. The van der Waals surface area contributed by atoms with Gasteiger partial charge < -0.3 is 15.2 Å². The predicted octanol–water partition coefficient (Wildman–Crippen LogP) is 0.807. The van der Waals surface area contributed by atoms with E-state index in [0.717, 1.165) is 5.56 Å². The summed E-state index contributed by atoms with van der Waals surface area (Å²) in [4.78, 5) is 3.93. The zero-order chi connectivity index (χ0) is 12.0. The number of hydrogen-bond donors (Lipinski definition) is 2. The first-order valence-electron chi connectivity index (χ1n) is 4.76. The highest BCUT2D eigenvalue weighted by molar-refractivity contribution is 5.17. The molecule has 0 bridgehead atoms. The number of aliphatic hydroxyl groups excluding tert-OH is 1. The van der Waals surface area contributed by atoms with E-state index < -0.39 is 19.1 Å². The first kappa shape index (κ1) is 12.8. The number of methoxy groups -OCH3 is 1. The number of aromatic nitrogens is 1. The van der Waals surface area contributed by atoms with Gasteiger partial charge in [-0.2, -0.15) is 0 Å². The molecule has 0 aliphatic rings. The molecule has 90 valence electrons. The molecule has 1 aromatic rings. The molecule has 0 amide bonds. The summed E-state index contributed by atoms with van der Waals surface area (Å²) in [7, 11) is 1.50. The Morgan fingerprint density at radius 2 is 2.25 bits per heavy atom. The number of alkyl halides is 2. The Kier molecular flexibility index (Phi) is 4.57. The highest BCUT2D eigenvalue weighted by Gasteiger charge is 2.26. The largest absolute Gasteiger partial charge is 0.481 e. The molecule has 0 aromatic carbocycles. The van der Waals surface area contributed by atoms with E-state index in [1.165, 1.54) is 7.11 Å². The number of nitrogens with one attached hydrogen (secondary N) is 1. The monoisotopic (exact) mass is 232 g/mol. The quantitative estimate of drug-likeness (QED) is 0.762. The second-order valence-corrected chi connectivity index (χ2v) is 3.33. The van der Waals surface area contributed by atoms with Crippen LogP contribution in [0.5, 0.6) is 5.88 Å². The number of pyridine rings is 1. The third-order valence-corrected chi connectivity index (χ3v) is 1.95. The van der Waals surface area contributed by atoms with E-state index in [0.29, 0.717) is 5.88 Å². The second kappa shape index (κ2) is 5.72. The van der Waals surface area contributed by atoms with Gasteiger partial charge in [-0.05, 0) is 5.56 Å². The second-order valence-electron chi connectivity index (χ2n) is 3.33. The highest BCUT2D eigenvalue weighted by atomic mass is 19.3. The van der Waals surface area contributed by atoms with Crippen LogP contribution in [0.15, 0.2) is 18.3 Å². The molecule has 1 heterocycles. The molecule has 6 heteroatoms. The van der Waals surface area contributed by atoms with Crippen molar-refractivity contribution in [3.63, 3.8) is 0 Å². The van der Waals surface area contributed by atoms with E-state index in [2.05, 4.69) is 10.3 Å². The van der Waals surface area contributed by atoms with Gasteiger partial charge in [0.25, 0.3) is 5.92 Å². The van der Waals surface area contributed by atoms with Crippen molar-refractivity contribution in [2.24, 2.45) is 0 Å². The standard InChI is InChI=1S/C10H14F2N2O2/c1-16-9-3-2-8(5-14-9)4-13-6-10(11,12)7-15/h2-3,5,13,15H,4,6-7H2,1H3. The van der Waals surface area contributed by atoms with E-state index in [-0.39, 0.29) is 6.54 Å². The van der Waals surface area contributed by atoms with Crippen molar-refractivity contribution in [3.8, 4) is 5.88 Å². The van der Waals surface area contributed by atoms with Gasteiger partial charge in [-0.15, -0.1) is 0 Å². The van der Waals surface area contributed by atoms with Gasteiger partial charge in [0.1, 0.15) is 6.61 Å². The summed E-state index contributed by atoms with van der Waals surface area (Å²) in [5.41, 5.74) is 0.773. The summed E-state index contributed by atoms with van der Waals surface area (Å²) in [5.74, 6) is -2.61. The van der Waals surface area contributed by atoms with Gasteiger partial charge in [0, 0.05) is 18.8 Å². The number of rotatable bonds is 6. The molecule has 0 unspecified atom stereocenters. The zero-order valence-corrected chi connectivity index (χ0v) is 8.91. The Bertz CT molecular complexity index is 317. The number of nitrogens with zero attached hydrogens (tertiary/aromatic N) is 1. The van der Waals surface area contributed by atoms with Crippen molar-refractivity contribution in [3.05, 3.63) is 23.9 Å². The molecule has 0 spiro atoms. The molecule has 4 nitrogen and oxygen atoms in total. The number of aliphatic hydroxyl groups is 1. The lowest BCUT2D eigenvalue weighted by Crippen LogP contribution is -2.35. The maximum atomic E-state index is 12.6. The fourth-order valence-corrected chi connectivity index (χ4v) is 1.08. The highest BCUT2D eigenvalue weighted by Crippen LogP contribution is 2.11.